The van der Waals surface area contributed by atoms with Crippen LogP contribution in [0.3, 0.4) is 0 Å². The zero-order valence-electron chi connectivity index (χ0n) is 8.43. The van der Waals surface area contributed by atoms with Gasteiger partial charge in [0.1, 0.15) is 5.60 Å². The highest BCUT2D eigenvalue weighted by Crippen LogP contribution is 2.53. The highest BCUT2D eigenvalue weighted by Gasteiger charge is 2.66. The molecule has 0 aromatic heterocycles. The fraction of sp³-hybridized carbons (Fsp3) is 0.900. The molecule has 2 aliphatic heterocycles. The van der Waals surface area contributed by atoms with E-state index in [-0.39, 0.29) is 11.5 Å². The van der Waals surface area contributed by atoms with E-state index in [1.54, 1.807) is 0 Å². The summed E-state index contributed by atoms with van der Waals surface area (Å²) in [6.07, 6.45) is 1.95. The van der Waals surface area contributed by atoms with Crippen LogP contribution in [0.15, 0.2) is 0 Å². The maximum Gasteiger partial charge on any atom is 0.252 e. The Balaban J connectivity index is 1.80. The van der Waals surface area contributed by atoms with Crippen molar-refractivity contribution >= 4 is 5.91 Å². The minimum Gasteiger partial charge on any atom is -0.354 e. The van der Waals surface area contributed by atoms with Crippen LogP contribution in [0, 0.1) is 5.92 Å². The van der Waals surface area contributed by atoms with E-state index in [4.69, 9.17) is 4.74 Å². The van der Waals surface area contributed by atoms with Crippen LogP contribution in [0.2, 0.25) is 0 Å². The number of ether oxygens (including phenoxy) is 1. The largest absolute Gasteiger partial charge is 0.354 e. The molecule has 1 aliphatic carbocycles. The molecule has 0 bridgehead atoms. The lowest BCUT2D eigenvalue weighted by Gasteiger charge is -2.48. The van der Waals surface area contributed by atoms with Gasteiger partial charge < -0.3 is 15.4 Å². The molecule has 1 saturated carbocycles. The van der Waals surface area contributed by atoms with Crippen molar-refractivity contribution in [3.63, 3.8) is 0 Å². The predicted octanol–water partition coefficient (Wildman–Crippen LogP) is -0.356. The van der Waals surface area contributed by atoms with Gasteiger partial charge in [0.05, 0.1) is 0 Å². The first kappa shape index (κ1) is 8.68. The Morgan fingerprint density at radius 1 is 1.50 bits per heavy atom. The summed E-state index contributed by atoms with van der Waals surface area (Å²) in [7, 11) is 0. The first-order valence-electron chi connectivity index (χ1n) is 5.40. The Hall–Kier alpha value is -0.610. The van der Waals surface area contributed by atoms with Gasteiger partial charge in [-0.15, -0.1) is 0 Å². The van der Waals surface area contributed by atoms with Crippen molar-refractivity contribution in [2.75, 3.05) is 19.6 Å². The zero-order chi connectivity index (χ0) is 9.81. The van der Waals surface area contributed by atoms with Crippen molar-refractivity contribution < 1.29 is 9.53 Å². The normalized spacial score (nSPS) is 43.5. The monoisotopic (exact) mass is 196 g/mol. The third kappa shape index (κ3) is 0.929. The number of carbonyl (C=O) groups excluding carboxylic acids is 1. The standard InChI is InChI=1S/C10H16N2O2/c1-2-7-3-10(7)8(13)12-6-9(14-10)4-11-5-9/h7,11H,2-6H2,1H3,(H,12,13). The molecule has 78 valence electrons. The summed E-state index contributed by atoms with van der Waals surface area (Å²) in [5, 5.41) is 6.20. The molecule has 3 aliphatic rings. The van der Waals surface area contributed by atoms with E-state index in [1.165, 1.54) is 0 Å². The number of nitrogens with one attached hydrogen (secondary N) is 2. The van der Waals surface area contributed by atoms with E-state index < -0.39 is 5.60 Å². The number of morpholine rings is 1. The van der Waals surface area contributed by atoms with E-state index in [0.717, 1.165) is 25.9 Å². The van der Waals surface area contributed by atoms with E-state index in [2.05, 4.69) is 17.6 Å². The maximum absolute atomic E-state index is 11.7. The smallest absolute Gasteiger partial charge is 0.252 e. The van der Waals surface area contributed by atoms with Crippen LogP contribution >= 0.6 is 0 Å². The number of amides is 1. The summed E-state index contributed by atoms with van der Waals surface area (Å²) < 4.78 is 6.05. The van der Waals surface area contributed by atoms with Crippen molar-refractivity contribution in [2.24, 2.45) is 5.92 Å². The molecule has 4 heteroatoms. The summed E-state index contributed by atoms with van der Waals surface area (Å²) in [6, 6.07) is 0. The molecule has 2 heterocycles. The zero-order valence-corrected chi connectivity index (χ0v) is 8.43. The van der Waals surface area contributed by atoms with Gasteiger partial charge in [-0.3, -0.25) is 4.79 Å². The van der Waals surface area contributed by atoms with E-state index in [0.29, 0.717) is 12.5 Å². The van der Waals surface area contributed by atoms with Crippen LogP contribution in [0.4, 0.5) is 0 Å². The second kappa shape index (κ2) is 2.49. The molecule has 0 aromatic carbocycles. The number of hydrogen-bond donors (Lipinski definition) is 2. The van der Waals surface area contributed by atoms with E-state index >= 15 is 0 Å². The molecule has 0 radical (unpaired) electrons. The SMILES string of the molecule is CCC1CC12OC1(CNC1)CNC2=O. The van der Waals surface area contributed by atoms with Crippen LogP contribution in [0.25, 0.3) is 0 Å². The molecule has 3 fully saturated rings. The average Bonchev–Trinajstić information content (AvgIpc) is 2.83. The second-order valence-electron chi connectivity index (χ2n) is 4.77. The Kier molecular flexibility index (Phi) is 1.55. The van der Waals surface area contributed by atoms with Crippen LogP contribution in [-0.4, -0.2) is 36.7 Å². The lowest BCUT2D eigenvalue weighted by atomic mass is 9.93. The highest BCUT2D eigenvalue weighted by atomic mass is 16.5. The van der Waals surface area contributed by atoms with Gasteiger partial charge in [-0.25, -0.2) is 0 Å². The summed E-state index contributed by atoms with van der Waals surface area (Å²) >= 11 is 0. The lowest BCUT2D eigenvalue weighted by Crippen LogP contribution is -2.72. The number of hydrogen-bond acceptors (Lipinski definition) is 3. The molecule has 3 rings (SSSR count). The molecule has 2 saturated heterocycles. The molecule has 0 aromatic rings. The molecule has 1 amide bonds. The van der Waals surface area contributed by atoms with Crippen LogP contribution in [-0.2, 0) is 9.53 Å². The Morgan fingerprint density at radius 2 is 2.29 bits per heavy atom. The molecule has 2 unspecified atom stereocenters. The van der Waals surface area contributed by atoms with Gasteiger partial charge in [-0.1, -0.05) is 6.92 Å². The lowest BCUT2D eigenvalue weighted by molar-refractivity contribution is -0.182. The number of carbonyl (C=O) groups is 1. The fourth-order valence-electron chi connectivity index (χ4n) is 2.65. The third-order valence-corrected chi connectivity index (χ3v) is 3.79. The third-order valence-electron chi connectivity index (χ3n) is 3.79. The van der Waals surface area contributed by atoms with E-state index in [9.17, 15) is 4.79 Å². The first-order valence-corrected chi connectivity index (χ1v) is 5.40. The van der Waals surface area contributed by atoms with Crippen molar-refractivity contribution in [2.45, 2.75) is 31.0 Å². The van der Waals surface area contributed by atoms with Gasteiger partial charge in [0.25, 0.3) is 5.91 Å². The average molecular weight is 196 g/mol. The molecule has 2 spiro atoms. The minimum atomic E-state index is -0.449. The van der Waals surface area contributed by atoms with Crippen molar-refractivity contribution in [3.8, 4) is 0 Å². The van der Waals surface area contributed by atoms with Gasteiger partial charge in [0.15, 0.2) is 5.60 Å². The van der Waals surface area contributed by atoms with Crippen LogP contribution < -0.4 is 10.6 Å². The summed E-state index contributed by atoms with van der Waals surface area (Å²) in [5.41, 5.74) is -0.535. The summed E-state index contributed by atoms with van der Waals surface area (Å²) in [6.45, 7) is 4.56. The second-order valence-corrected chi connectivity index (χ2v) is 4.77. The first-order chi connectivity index (χ1) is 6.71. The molecular formula is C10H16N2O2. The van der Waals surface area contributed by atoms with E-state index in [1.807, 2.05) is 0 Å². The molecule has 2 atom stereocenters. The van der Waals surface area contributed by atoms with Crippen LogP contribution in [0.5, 0.6) is 0 Å². The van der Waals surface area contributed by atoms with Gasteiger partial charge in [-0.2, -0.15) is 0 Å². The van der Waals surface area contributed by atoms with Crippen LogP contribution in [0.1, 0.15) is 19.8 Å². The summed E-state index contributed by atoms with van der Waals surface area (Å²) in [5.74, 6) is 0.558. The van der Waals surface area contributed by atoms with Gasteiger partial charge >= 0.3 is 0 Å². The van der Waals surface area contributed by atoms with Crippen molar-refractivity contribution in [3.05, 3.63) is 0 Å². The maximum atomic E-state index is 11.7. The molecule has 14 heavy (non-hydrogen) atoms. The quantitative estimate of drug-likeness (QED) is 0.602. The minimum absolute atomic E-state index is 0.0855. The Morgan fingerprint density at radius 3 is 2.79 bits per heavy atom. The van der Waals surface area contributed by atoms with Gasteiger partial charge in [0.2, 0.25) is 0 Å². The highest BCUT2D eigenvalue weighted by molar-refractivity contribution is 5.89. The molecule has 2 N–H and O–H groups in total. The number of rotatable bonds is 1. The van der Waals surface area contributed by atoms with Gasteiger partial charge in [-0.05, 0) is 12.8 Å². The predicted molar refractivity (Wildman–Crippen MR) is 50.8 cm³/mol. The topological polar surface area (TPSA) is 50.4 Å². The summed E-state index contributed by atoms with van der Waals surface area (Å²) in [4.78, 5) is 11.7. The fourth-order valence-corrected chi connectivity index (χ4v) is 2.65. The van der Waals surface area contributed by atoms with Crippen molar-refractivity contribution in [1.29, 1.82) is 0 Å². The Labute approximate surface area is 83.4 Å². The Bertz CT molecular complexity index is 288. The molecular weight excluding hydrogens is 180 g/mol. The molecule has 4 nitrogen and oxygen atoms in total. The van der Waals surface area contributed by atoms with Gasteiger partial charge in [0, 0.05) is 25.6 Å². The van der Waals surface area contributed by atoms with Crippen molar-refractivity contribution in [1.82, 2.24) is 10.6 Å².